The molecule has 55 heavy (non-hydrogen) atoms. The summed E-state index contributed by atoms with van der Waals surface area (Å²) in [6, 6.07) is 4.57. The van der Waals surface area contributed by atoms with E-state index >= 15 is 0 Å². The Morgan fingerprint density at radius 3 is 2.22 bits per heavy atom. The van der Waals surface area contributed by atoms with Crippen molar-refractivity contribution in [3.63, 3.8) is 0 Å². The number of hydrogen-bond acceptors (Lipinski definition) is 7. The zero-order valence-corrected chi connectivity index (χ0v) is 36.2. The highest BCUT2D eigenvalue weighted by Gasteiger charge is 2.66. The first-order valence-electron chi connectivity index (χ1n) is 21.7. The largest absolute Gasteiger partial charge is 0.481 e. The zero-order valence-electron chi connectivity index (χ0n) is 36.2. The molecule has 5 aliphatic rings. The Balaban J connectivity index is 1.24. The maximum absolute atomic E-state index is 14.2. The first-order valence-corrected chi connectivity index (χ1v) is 21.7. The number of carboxylic acids is 1. The van der Waals surface area contributed by atoms with E-state index in [0.29, 0.717) is 35.9 Å². The summed E-state index contributed by atoms with van der Waals surface area (Å²) >= 11 is 0. The van der Waals surface area contributed by atoms with Crippen molar-refractivity contribution in [1.29, 1.82) is 0 Å². The molecule has 8 nitrogen and oxygen atoms in total. The number of likely N-dealkylation sites (N-methyl/N-ethyl adjacent to an activating group) is 1. The van der Waals surface area contributed by atoms with Crippen LogP contribution in [0.1, 0.15) is 145 Å². The number of pyridine rings is 1. The molecule has 0 amide bonds. The number of hydrogen-bond donors (Lipinski definition) is 1. The van der Waals surface area contributed by atoms with Gasteiger partial charge in [-0.3, -0.25) is 24.3 Å². The molecule has 4 saturated carbocycles. The number of carbonyl (C=O) groups is 3. The quantitative estimate of drug-likeness (QED) is 0.199. The van der Waals surface area contributed by atoms with Gasteiger partial charge in [-0.2, -0.15) is 0 Å². The number of Topliss-reactive ketones (excluding diaryl/α,β-unsaturated/α-hetero) is 1. The minimum atomic E-state index is -1.15. The Kier molecular flexibility index (Phi) is 11.7. The Labute approximate surface area is 332 Å². The molecule has 1 N–H and O–H groups in total. The molecule has 0 bridgehead atoms. The van der Waals surface area contributed by atoms with Crippen LogP contribution in [0.15, 0.2) is 35.7 Å². The van der Waals surface area contributed by atoms with Crippen LogP contribution in [0.3, 0.4) is 0 Å². The van der Waals surface area contributed by atoms with Gasteiger partial charge in [-0.25, -0.2) is 0 Å². The third kappa shape index (κ3) is 7.50. The number of esters is 1. The topological polar surface area (TPSA) is 100 Å². The highest BCUT2D eigenvalue weighted by molar-refractivity contribution is 6.00. The fraction of sp³-hybridized carbons (Fsp3) is 0.787. The molecular weight excluding hydrogens is 687 g/mol. The zero-order chi connectivity index (χ0) is 40.3. The van der Waals surface area contributed by atoms with E-state index in [1.165, 1.54) is 30.4 Å². The molecule has 5 aliphatic carbocycles. The summed E-state index contributed by atoms with van der Waals surface area (Å²) in [7, 11) is 4.30. The molecule has 0 saturated heterocycles. The van der Waals surface area contributed by atoms with Gasteiger partial charge in [0.2, 0.25) is 0 Å². The summed E-state index contributed by atoms with van der Waals surface area (Å²) in [4.78, 5) is 48.3. The van der Waals surface area contributed by atoms with Crippen LogP contribution in [0.5, 0.6) is 0 Å². The van der Waals surface area contributed by atoms with E-state index in [0.717, 1.165) is 58.2 Å². The van der Waals surface area contributed by atoms with Crippen LogP contribution in [-0.4, -0.2) is 77.4 Å². The lowest BCUT2D eigenvalue weighted by atomic mass is 9.36. The van der Waals surface area contributed by atoms with Crippen molar-refractivity contribution in [2.45, 2.75) is 145 Å². The number of carboxylic acid groups (broad SMARTS) is 1. The molecule has 306 valence electrons. The maximum Gasteiger partial charge on any atom is 0.309 e. The summed E-state index contributed by atoms with van der Waals surface area (Å²) in [6.45, 7) is 22.8. The van der Waals surface area contributed by atoms with Crippen molar-refractivity contribution in [1.82, 2.24) is 14.8 Å². The van der Waals surface area contributed by atoms with E-state index in [2.05, 4.69) is 89.5 Å². The van der Waals surface area contributed by atoms with Gasteiger partial charge in [0.15, 0.2) is 5.78 Å². The van der Waals surface area contributed by atoms with E-state index in [-0.39, 0.29) is 46.1 Å². The van der Waals surface area contributed by atoms with Crippen LogP contribution in [0.25, 0.3) is 0 Å². The molecule has 0 spiro atoms. The Morgan fingerprint density at radius 2 is 1.58 bits per heavy atom. The second-order valence-corrected chi connectivity index (χ2v) is 21.1. The van der Waals surface area contributed by atoms with Crippen molar-refractivity contribution in [2.75, 3.05) is 33.7 Å². The number of allylic oxidation sites excluding steroid dienone is 2. The van der Waals surface area contributed by atoms with Crippen molar-refractivity contribution < 1.29 is 24.2 Å². The van der Waals surface area contributed by atoms with Crippen LogP contribution in [0, 0.1) is 56.7 Å². The van der Waals surface area contributed by atoms with Gasteiger partial charge in [0.05, 0.1) is 11.8 Å². The molecule has 1 aromatic heterocycles. The Bertz CT molecular complexity index is 1630. The van der Waals surface area contributed by atoms with Gasteiger partial charge in [0.25, 0.3) is 0 Å². The second-order valence-electron chi connectivity index (χ2n) is 21.1. The van der Waals surface area contributed by atoms with E-state index in [9.17, 15) is 19.5 Å². The molecule has 0 aromatic carbocycles. The molecule has 1 aromatic rings. The average Bonchev–Trinajstić information content (AvgIpc) is 3.41. The molecule has 9 atom stereocenters. The van der Waals surface area contributed by atoms with Gasteiger partial charge < -0.3 is 14.7 Å². The predicted octanol–water partition coefficient (Wildman–Crippen LogP) is 9.40. The number of aromatic nitrogens is 1. The SMILES string of the molecule is CC(C)C1=C2C3CCC4C(C)(CCC5C(C)(C)C(OC(=O)CC(C)(C)C(=O)O)CCC54C)C3CCC2(CCN(CCN(C)C)C(C)c2ccncc2)CC1=O. The van der Waals surface area contributed by atoms with Crippen LogP contribution in [0.2, 0.25) is 0 Å². The highest BCUT2D eigenvalue weighted by atomic mass is 16.5. The number of carbonyl (C=O) groups excluding carboxylic acids is 2. The molecule has 4 fully saturated rings. The van der Waals surface area contributed by atoms with Crippen molar-refractivity contribution in [3.05, 3.63) is 41.2 Å². The molecule has 9 unspecified atom stereocenters. The molecule has 0 aliphatic heterocycles. The van der Waals surface area contributed by atoms with Gasteiger partial charge in [-0.1, -0.05) is 47.1 Å². The van der Waals surface area contributed by atoms with Gasteiger partial charge >= 0.3 is 11.9 Å². The lowest BCUT2D eigenvalue weighted by Crippen LogP contribution is -2.63. The van der Waals surface area contributed by atoms with Crippen molar-refractivity contribution >= 4 is 17.7 Å². The molecular formula is C47H73N3O5. The second kappa shape index (κ2) is 15.3. The standard InChI is InChI=1S/C47H73N3O5/c1-30(2)40-35(51)28-47(22-25-50(27-26-49(10)11)31(3)32-17-23-48-24-18-32)21-14-34-33(41(40)47)12-13-37-45(34,8)19-15-36-44(6,7)38(16-20-46(36,37)9)55-39(52)29-43(4,5)42(53)54/h17-18,23-24,30-31,33-34,36-38H,12-16,19-22,25-29H2,1-11H3,(H,53,54). The Morgan fingerprint density at radius 1 is 0.909 bits per heavy atom. The molecule has 8 heteroatoms. The first-order chi connectivity index (χ1) is 25.7. The summed E-state index contributed by atoms with van der Waals surface area (Å²) in [5, 5.41) is 9.63. The van der Waals surface area contributed by atoms with E-state index in [1.54, 1.807) is 19.4 Å². The molecule has 1 heterocycles. The summed E-state index contributed by atoms with van der Waals surface area (Å²) in [5.41, 5.74) is 2.97. The minimum absolute atomic E-state index is 0.0460. The fourth-order valence-electron chi connectivity index (χ4n) is 13.6. The predicted molar refractivity (Wildman–Crippen MR) is 218 cm³/mol. The van der Waals surface area contributed by atoms with Crippen LogP contribution in [0.4, 0.5) is 0 Å². The first kappa shape index (κ1) is 42.0. The summed E-state index contributed by atoms with van der Waals surface area (Å²) in [5.74, 6) is 1.33. The van der Waals surface area contributed by atoms with Crippen LogP contribution >= 0.6 is 0 Å². The number of nitrogens with zero attached hydrogens (tertiary/aromatic N) is 3. The van der Waals surface area contributed by atoms with Crippen LogP contribution in [-0.2, 0) is 19.1 Å². The van der Waals surface area contributed by atoms with E-state index in [4.69, 9.17) is 4.74 Å². The number of rotatable bonds is 13. The highest BCUT2D eigenvalue weighted by Crippen LogP contribution is 2.73. The number of ketones is 1. The summed E-state index contributed by atoms with van der Waals surface area (Å²) < 4.78 is 6.19. The fourth-order valence-corrected chi connectivity index (χ4v) is 13.6. The van der Waals surface area contributed by atoms with E-state index < -0.39 is 17.4 Å². The molecule has 6 rings (SSSR count). The summed E-state index contributed by atoms with van der Waals surface area (Å²) in [6.07, 6.45) is 14.0. The maximum atomic E-state index is 14.2. The van der Waals surface area contributed by atoms with E-state index in [1.807, 2.05) is 12.4 Å². The lowest BCUT2D eigenvalue weighted by Gasteiger charge is -2.69. The van der Waals surface area contributed by atoms with Gasteiger partial charge in [0, 0.05) is 48.8 Å². The third-order valence-electron chi connectivity index (χ3n) is 16.6. The monoisotopic (exact) mass is 760 g/mol. The third-order valence-corrected chi connectivity index (χ3v) is 16.6. The lowest BCUT2D eigenvalue weighted by molar-refractivity contribution is -0.214. The molecule has 0 radical (unpaired) electrons. The number of aliphatic carboxylic acids is 1. The number of ether oxygens (including phenoxy) is 1. The van der Waals surface area contributed by atoms with Gasteiger partial charge in [-0.05, 0) is 163 Å². The Hall–Kier alpha value is -2.58. The normalized spacial score (nSPS) is 34.9. The smallest absolute Gasteiger partial charge is 0.309 e. The number of fused-ring (bicyclic) bond motifs is 7. The van der Waals surface area contributed by atoms with Gasteiger partial charge in [-0.15, -0.1) is 0 Å². The van der Waals surface area contributed by atoms with Crippen molar-refractivity contribution in [2.24, 2.45) is 56.7 Å². The minimum Gasteiger partial charge on any atom is -0.481 e. The van der Waals surface area contributed by atoms with Crippen LogP contribution < -0.4 is 0 Å². The van der Waals surface area contributed by atoms with Gasteiger partial charge in [0.1, 0.15) is 6.10 Å². The van der Waals surface area contributed by atoms with Crippen molar-refractivity contribution in [3.8, 4) is 0 Å². The average molecular weight is 760 g/mol.